The highest BCUT2D eigenvalue weighted by Gasteiger charge is 2.23. The molecule has 4 heterocycles. The molecule has 3 aromatic heterocycles. The van der Waals surface area contributed by atoms with Gasteiger partial charge in [0, 0.05) is 36.1 Å². The van der Waals surface area contributed by atoms with Crippen LogP contribution < -0.4 is 5.32 Å². The lowest BCUT2D eigenvalue weighted by Gasteiger charge is -2.32. The van der Waals surface area contributed by atoms with Gasteiger partial charge in [-0.2, -0.15) is 0 Å². The molecular formula is C24H25N5OS. The van der Waals surface area contributed by atoms with E-state index in [1.807, 2.05) is 37.4 Å². The molecule has 1 aromatic carbocycles. The summed E-state index contributed by atoms with van der Waals surface area (Å²) in [6.07, 6.45) is 1.79. The standard InChI is InChI=1S/C24H25N5OS/c1-16-17(2)31-24(26-16)28-23-7-3-6-21(27-23)22-15-29(11-12-30-22)14-18-8-9-20-19(13-18)5-4-10-25-20/h3-10,13,22H,11-12,14-15H2,1-2H3,(H,26,27,28)/t22-/m1/s1. The summed E-state index contributed by atoms with van der Waals surface area (Å²) < 4.78 is 6.08. The minimum Gasteiger partial charge on any atom is -0.369 e. The van der Waals surface area contributed by atoms with Crippen LogP contribution in [0.4, 0.5) is 10.9 Å². The first kappa shape index (κ1) is 20.1. The van der Waals surface area contributed by atoms with Crippen LogP contribution in [0, 0.1) is 13.8 Å². The summed E-state index contributed by atoms with van der Waals surface area (Å²) in [4.78, 5) is 17.4. The number of aromatic nitrogens is 3. The molecule has 0 radical (unpaired) electrons. The van der Waals surface area contributed by atoms with Crippen molar-refractivity contribution in [2.75, 3.05) is 25.0 Å². The number of aryl methyl sites for hydroxylation is 2. The summed E-state index contributed by atoms with van der Waals surface area (Å²) >= 11 is 1.65. The van der Waals surface area contributed by atoms with Gasteiger partial charge in [0.2, 0.25) is 0 Å². The van der Waals surface area contributed by atoms with Crippen molar-refractivity contribution in [2.24, 2.45) is 0 Å². The molecule has 0 saturated carbocycles. The fourth-order valence-corrected chi connectivity index (χ4v) is 4.66. The van der Waals surface area contributed by atoms with Crippen molar-refractivity contribution in [1.29, 1.82) is 0 Å². The van der Waals surface area contributed by atoms with Crippen molar-refractivity contribution < 1.29 is 4.74 Å². The molecule has 1 aliphatic rings. The van der Waals surface area contributed by atoms with Gasteiger partial charge in [0.15, 0.2) is 5.13 Å². The van der Waals surface area contributed by atoms with E-state index in [0.717, 1.165) is 47.5 Å². The highest BCUT2D eigenvalue weighted by Crippen LogP contribution is 2.27. The zero-order valence-corrected chi connectivity index (χ0v) is 18.5. The van der Waals surface area contributed by atoms with E-state index < -0.39 is 0 Å². The molecule has 1 N–H and O–H groups in total. The minimum absolute atomic E-state index is 0.0441. The second kappa shape index (κ2) is 8.70. The molecule has 31 heavy (non-hydrogen) atoms. The van der Waals surface area contributed by atoms with Gasteiger partial charge in [-0.25, -0.2) is 9.97 Å². The first-order valence-corrected chi connectivity index (χ1v) is 11.3. The van der Waals surface area contributed by atoms with Crippen molar-refractivity contribution in [1.82, 2.24) is 19.9 Å². The van der Waals surface area contributed by atoms with Gasteiger partial charge in [0.25, 0.3) is 0 Å². The van der Waals surface area contributed by atoms with Gasteiger partial charge in [-0.1, -0.05) is 18.2 Å². The first-order chi connectivity index (χ1) is 15.1. The van der Waals surface area contributed by atoms with E-state index in [1.165, 1.54) is 15.8 Å². The van der Waals surface area contributed by atoms with Crippen molar-refractivity contribution in [3.63, 3.8) is 0 Å². The molecular weight excluding hydrogens is 406 g/mol. The number of thiazole rings is 1. The number of rotatable bonds is 5. The molecule has 158 valence electrons. The highest BCUT2D eigenvalue weighted by molar-refractivity contribution is 7.15. The van der Waals surface area contributed by atoms with Crippen LogP contribution in [0.2, 0.25) is 0 Å². The lowest BCUT2D eigenvalue weighted by molar-refractivity contribution is -0.0349. The molecule has 4 aromatic rings. The zero-order chi connectivity index (χ0) is 21.2. The van der Waals surface area contributed by atoms with Crippen molar-refractivity contribution in [3.05, 3.63) is 76.6 Å². The van der Waals surface area contributed by atoms with Gasteiger partial charge in [0.05, 0.1) is 23.5 Å². The number of benzene rings is 1. The average molecular weight is 432 g/mol. The summed E-state index contributed by atoms with van der Waals surface area (Å²) in [5, 5.41) is 5.38. The van der Waals surface area contributed by atoms with Crippen LogP contribution in [0.25, 0.3) is 10.9 Å². The zero-order valence-electron chi connectivity index (χ0n) is 17.7. The Labute approximate surface area is 185 Å². The molecule has 1 fully saturated rings. The first-order valence-electron chi connectivity index (χ1n) is 10.5. The molecule has 0 aliphatic carbocycles. The van der Waals surface area contributed by atoms with E-state index in [-0.39, 0.29) is 6.10 Å². The fraction of sp³-hybridized carbons (Fsp3) is 0.292. The van der Waals surface area contributed by atoms with Gasteiger partial charge >= 0.3 is 0 Å². The topological polar surface area (TPSA) is 63.2 Å². The molecule has 0 spiro atoms. The molecule has 0 amide bonds. The van der Waals surface area contributed by atoms with E-state index in [0.29, 0.717) is 6.61 Å². The number of hydrogen-bond acceptors (Lipinski definition) is 7. The smallest absolute Gasteiger partial charge is 0.188 e. The largest absolute Gasteiger partial charge is 0.369 e. The van der Waals surface area contributed by atoms with Gasteiger partial charge in [-0.15, -0.1) is 11.3 Å². The Bertz CT molecular complexity index is 1190. The van der Waals surface area contributed by atoms with Crippen molar-refractivity contribution in [3.8, 4) is 0 Å². The highest BCUT2D eigenvalue weighted by atomic mass is 32.1. The van der Waals surface area contributed by atoms with Gasteiger partial charge < -0.3 is 10.1 Å². The average Bonchev–Trinajstić information content (AvgIpc) is 3.10. The number of morpholine rings is 1. The van der Waals surface area contributed by atoms with Crippen LogP contribution in [0.5, 0.6) is 0 Å². The molecule has 0 bridgehead atoms. The lowest BCUT2D eigenvalue weighted by Crippen LogP contribution is -2.38. The maximum absolute atomic E-state index is 6.08. The molecule has 5 rings (SSSR count). The van der Waals surface area contributed by atoms with Crippen LogP contribution in [-0.4, -0.2) is 39.5 Å². The minimum atomic E-state index is -0.0441. The van der Waals surface area contributed by atoms with Gasteiger partial charge in [-0.05, 0) is 49.7 Å². The SMILES string of the molecule is Cc1nc(Nc2cccc([C@H]3CN(Cc4ccc5ncccc5c4)CCO3)n2)sc1C. The fourth-order valence-electron chi connectivity index (χ4n) is 3.84. The number of hydrogen-bond donors (Lipinski definition) is 1. The third kappa shape index (κ3) is 4.58. The molecule has 1 aliphatic heterocycles. The number of pyridine rings is 2. The van der Waals surface area contributed by atoms with E-state index in [9.17, 15) is 0 Å². The predicted octanol–water partition coefficient (Wildman–Crippen LogP) is 5.02. The van der Waals surface area contributed by atoms with E-state index >= 15 is 0 Å². The molecule has 1 saturated heterocycles. The number of nitrogens with one attached hydrogen (secondary N) is 1. The summed E-state index contributed by atoms with van der Waals surface area (Å²) in [5.74, 6) is 0.800. The van der Waals surface area contributed by atoms with E-state index in [2.05, 4.69) is 51.4 Å². The molecule has 6 nitrogen and oxygen atoms in total. The van der Waals surface area contributed by atoms with Crippen LogP contribution in [0.3, 0.4) is 0 Å². The Hall–Kier alpha value is -2.87. The quantitative estimate of drug-likeness (QED) is 0.479. The summed E-state index contributed by atoms with van der Waals surface area (Å²) in [5.41, 5.74) is 4.33. The van der Waals surface area contributed by atoms with Crippen LogP contribution in [-0.2, 0) is 11.3 Å². The Morgan fingerprint density at radius 1 is 1.13 bits per heavy atom. The van der Waals surface area contributed by atoms with Crippen molar-refractivity contribution in [2.45, 2.75) is 26.5 Å². The van der Waals surface area contributed by atoms with Gasteiger partial charge in [-0.3, -0.25) is 9.88 Å². The Morgan fingerprint density at radius 3 is 2.94 bits per heavy atom. The third-order valence-electron chi connectivity index (χ3n) is 5.59. The van der Waals surface area contributed by atoms with E-state index in [4.69, 9.17) is 9.72 Å². The normalized spacial score (nSPS) is 17.2. The van der Waals surface area contributed by atoms with Crippen molar-refractivity contribution >= 4 is 33.2 Å². The Morgan fingerprint density at radius 2 is 2.06 bits per heavy atom. The summed E-state index contributed by atoms with van der Waals surface area (Å²) in [6.45, 7) is 7.43. The third-order valence-corrected chi connectivity index (χ3v) is 6.58. The Kier molecular flexibility index (Phi) is 5.63. The maximum Gasteiger partial charge on any atom is 0.188 e. The Balaban J connectivity index is 1.28. The molecule has 1 atom stereocenters. The second-order valence-electron chi connectivity index (χ2n) is 7.86. The predicted molar refractivity (Wildman–Crippen MR) is 125 cm³/mol. The van der Waals surface area contributed by atoms with Crippen LogP contribution >= 0.6 is 11.3 Å². The molecule has 0 unspecified atom stereocenters. The number of anilines is 2. The maximum atomic E-state index is 6.08. The summed E-state index contributed by atoms with van der Waals surface area (Å²) in [7, 11) is 0. The van der Waals surface area contributed by atoms with E-state index in [1.54, 1.807) is 11.3 Å². The van der Waals surface area contributed by atoms with Crippen LogP contribution in [0.1, 0.15) is 27.9 Å². The van der Waals surface area contributed by atoms with Gasteiger partial charge in [0.1, 0.15) is 11.9 Å². The lowest BCUT2D eigenvalue weighted by atomic mass is 10.1. The number of ether oxygens (including phenoxy) is 1. The number of fused-ring (bicyclic) bond motifs is 1. The second-order valence-corrected chi connectivity index (χ2v) is 9.06. The molecule has 7 heteroatoms. The monoisotopic (exact) mass is 431 g/mol. The summed E-state index contributed by atoms with van der Waals surface area (Å²) in [6, 6.07) is 16.6. The number of nitrogens with zero attached hydrogens (tertiary/aromatic N) is 4. The van der Waals surface area contributed by atoms with Crippen LogP contribution in [0.15, 0.2) is 54.7 Å².